The van der Waals surface area contributed by atoms with Crippen LogP contribution < -0.4 is 15.4 Å². The number of guanidine groups is 1. The lowest BCUT2D eigenvalue weighted by atomic mass is 10.00. The molecule has 2 N–H and O–H groups in total. The molecular weight excluding hydrogens is 479 g/mol. The number of aromatic nitrogens is 1. The Morgan fingerprint density at radius 3 is 2.31 bits per heavy atom. The maximum atomic E-state index is 5.75. The van der Waals surface area contributed by atoms with Crippen LogP contribution in [-0.4, -0.2) is 31.3 Å². The predicted octanol–water partition coefficient (Wildman–Crippen LogP) is 4.97. The molecule has 7 heteroatoms. The van der Waals surface area contributed by atoms with E-state index in [9.17, 15) is 0 Å². The Bertz CT molecular complexity index is 752. The Kier molecular flexibility index (Phi) is 10.5. The van der Waals surface area contributed by atoms with Gasteiger partial charge in [-0.05, 0) is 44.4 Å². The zero-order valence-electron chi connectivity index (χ0n) is 18.6. The monoisotopic (exact) mass is 514 g/mol. The molecule has 6 nitrogen and oxygen atoms in total. The standard InChI is InChI=1S/C22H34N4O2.HI/c1-14(2)13-27-20-10-8-19(9-11-20)16(4)25-22(23-7)24-12-15(3)21-17(5)26-28-18(21)6;/h8-11,14-16H,12-13H2,1-7H3,(H2,23,24,25);1H. The van der Waals surface area contributed by atoms with Gasteiger partial charge in [-0.3, -0.25) is 4.99 Å². The van der Waals surface area contributed by atoms with Crippen molar-refractivity contribution in [2.45, 2.75) is 53.5 Å². The molecule has 0 fully saturated rings. The fourth-order valence-corrected chi connectivity index (χ4v) is 3.14. The van der Waals surface area contributed by atoms with Gasteiger partial charge in [0.25, 0.3) is 0 Å². The van der Waals surface area contributed by atoms with E-state index in [0.717, 1.165) is 41.9 Å². The Balaban J connectivity index is 0.00000420. The number of aryl methyl sites for hydroxylation is 2. The van der Waals surface area contributed by atoms with Crippen molar-refractivity contribution in [3.05, 3.63) is 46.8 Å². The number of benzene rings is 1. The summed E-state index contributed by atoms with van der Waals surface area (Å²) < 4.78 is 11.0. The number of aliphatic imine (C=N–C) groups is 1. The second kappa shape index (κ2) is 12.0. The van der Waals surface area contributed by atoms with E-state index in [1.54, 1.807) is 7.05 Å². The molecule has 0 spiro atoms. The van der Waals surface area contributed by atoms with Crippen LogP contribution in [-0.2, 0) is 0 Å². The predicted molar refractivity (Wildman–Crippen MR) is 129 cm³/mol. The van der Waals surface area contributed by atoms with Crippen molar-refractivity contribution in [3.8, 4) is 5.75 Å². The molecule has 162 valence electrons. The summed E-state index contributed by atoms with van der Waals surface area (Å²) in [6.45, 7) is 14.0. The van der Waals surface area contributed by atoms with Crippen molar-refractivity contribution in [3.63, 3.8) is 0 Å². The molecule has 29 heavy (non-hydrogen) atoms. The van der Waals surface area contributed by atoms with E-state index < -0.39 is 0 Å². The largest absolute Gasteiger partial charge is 0.493 e. The summed E-state index contributed by atoms with van der Waals surface area (Å²) in [5, 5.41) is 10.9. The van der Waals surface area contributed by atoms with E-state index in [0.29, 0.717) is 5.92 Å². The minimum atomic E-state index is 0. The molecule has 2 atom stereocenters. The van der Waals surface area contributed by atoms with Crippen molar-refractivity contribution in [1.29, 1.82) is 0 Å². The topological polar surface area (TPSA) is 71.7 Å². The number of hydrogen-bond acceptors (Lipinski definition) is 4. The molecule has 0 saturated heterocycles. The van der Waals surface area contributed by atoms with Crippen LogP contribution in [0.2, 0.25) is 0 Å². The van der Waals surface area contributed by atoms with Crippen LogP contribution in [0.3, 0.4) is 0 Å². The van der Waals surface area contributed by atoms with Crippen molar-refractivity contribution in [2.24, 2.45) is 10.9 Å². The second-order valence-corrected chi connectivity index (χ2v) is 7.73. The lowest BCUT2D eigenvalue weighted by Crippen LogP contribution is -2.40. The normalized spacial score (nSPS) is 13.6. The van der Waals surface area contributed by atoms with Crippen molar-refractivity contribution < 1.29 is 9.26 Å². The average molecular weight is 514 g/mol. The van der Waals surface area contributed by atoms with E-state index in [2.05, 4.69) is 60.6 Å². The third-order valence-electron chi connectivity index (χ3n) is 4.70. The summed E-state index contributed by atoms with van der Waals surface area (Å²) in [4.78, 5) is 4.35. The van der Waals surface area contributed by atoms with Crippen molar-refractivity contribution in [2.75, 3.05) is 20.2 Å². The molecule has 0 amide bonds. The van der Waals surface area contributed by atoms with Crippen LogP contribution >= 0.6 is 24.0 Å². The summed E-state index contributed by atoms with van der Waals surface area (Å²) >= 11 is 0. The van der Waals surface area contributed by atoms with Crippen LogP contribution in [0.4, 0.5) is 0 Å². The van der Waals surface area contributed by atoms with Gasteiger partial charge >= 0.3 is 0 Å². The van der Waals surface area contributed by atoms with Crippen LogP contribution in [0, 0.1) is 19.8 Å². The Labute approximate surface area is 191 Å². The second-order valence-electron chi connectivity index (χ2n) is 7.73. The van der Waals surface area contributed by atoms with Crippen LogP contribution in [0.25, 0.3) is 0 Å². The van der Waals surface area contributed by atoms with Crippen molar-refractivity contribution in [1.82, 2.24) is 15.8 Å². The molecule has 0 bridgehead atoms. The van der Waals surface area contributed by atoms with Crippen LogP contribution in [0.15, 0.2) is 33.8 Å². The van der Waals surface area contributed by atoms with Crippen LogP contribution in [0.1, 0.15) is 62.2 Å². The molecule has 0 aliphatic heterocycles. The maximum Gasteiger partial charge on any atom is 0.191 e. The first-order valence-electron chi connectivity index (χ1n) is 9.94. The van der Waals surface area contributed by atoms with Gasteiger partial charge in [0.1, 0.15) is 11.5 Å². The fraction of sp³-hybridized carbons (Fsp3) is 0.545. The minimum Gasteiger partial charge on any atom is -0.493 e. The molecule has 1 aromatic heterocycles. The highest BCUT2D eigenvalue weighted by Gasteiger charge is 2.17. The quantitative estimate of drug-likeness (QED) is 0.296. The fourth-order valence-electron chi connectivity index (χ4n) is 3.14. The van der Waals surface area contributed by atoms with Gasteiger partial charge in [0.15, 0.2) is 5.96 Å². The van der Waals surface area contributed by atoms with Crippen LogP contribution in [0.5, 0.6) is 5.75 Å². The summed E-state index contributed by atoms with van der Waals surface area (Å²) in [5.41, 5.74) is 3.29. The zero-order chi connectivity index (χ0) is 20.7. The first-order valence-corrected chi connectivity index (χ1v) is 9.94. The molecule has 1 heterocycles. The highest BCUT2D eigenvalue weighted by molar-refractivity contribution is 14.0. The Hall–Kier alpha value is -1.77. The molecule has 0 radical (unpaired) electrons. The molecule has 2 aromatic rings. The van der Waals surface area contributed by atoms with Crippen molar-refractivity contribution >= 4 is 29.9 Å². The van der Waals surface area contributed by atoms with E-state index >= 15 is 0 Å². The molecular formula is C22H35IN4O2. The van der Waals surface area contributed by atoms with E-state index in [-0.39, 0.29) is 35.9 Å². The van der Waals surface area contributed by atoms with Gasteiger partial charge in [-0.2, -0.15) is 0 Å². The number of rotatable bonds is 8. The number of nitrogens with zero attached hydrogens (tertiary/aromatic N) is 2. The smallest absolute Gasteiger partial charge is 0.191 e. The number of ether oxygens (including phenoxy) is 1. The summed E-state index contributed by atoms with van der Waals surface area (Å²) in [5.74, 6) is 3.34. The lowest BCUT2D eigenvalue weighted by molar-refractivity contribution is 0.271. The number of halogens is 1. The first kappa shape index (κ1) is 25.3. The molecule has 2 unspecified atom stereocenters. The highest BCUT2D eigenvalue weighted by atomic mass is 127. The molecule has 0 saturated carbocycles. The maximum absolute atomic E-state index is 5.75. The molecule has 1 aromatic carbocycles. The highest BCUT2D eigenvalue weighted by Crippen LogP contribution is 2.22. The van der Waals surface area contributed by atoms with Gasteiger partial charge in [-0.15, -0.1) is 24.0 Å². The SMILES string of the molecule is CN=C(NCC(C)c1c(C)noc1C)NC(C)c1ccc(OCC(C)C)cc1.I. The summed E-state index contributed by atoms with van der Waals surface area (Å²) in [6.07, 6.45) is 0. The Morgan fingerprint density at radius 1 is 1.14 bits per heavy atom. The van der Waals surface area contributed by atoms with E-state index in [1.807, 2.05) is 26.0 Å². The number of nitrogens with one attached hydrogen (secondary N) is 2. The van der Waals surface area contributed by atoms with Gasteiger partial charge < -0.3 is 19.9 Å². The lowest BCUT2D eigenvalue weighted by Gasteiger charge is -2.20. The van der Waals surface area contributed by atoms with E-state index in [4.69, 9.17) is 9.26 Å². The van der Waals surface area contributed by atoms with Gasteiger partial charge in [-0.1, -0.05) is 38.1 Å². The van der Waals surface area contributed by atoms with Gasteiger partial charge in [-0.25, -0.2) is 0 Å². The average Bonchev–Trinajstić information content (AvgIpc) is 3.01. The number of hydrogen-bond donors (Lipinski definition) is 2. The third-order valence-corrected chi connectivity index (χ3v) is 4.70. The summed E-state index contributed by atoms with van der Waals surface area (Å²) in [7, 11) is 1.78. The minimum absolute atomic E-state index is 0. The summed E-state index contributed by atoms with van der Waals surface area (Å²) in [6, 6.07) is 8.34. The molecule has 0 aliphatic carbocycles. The van der Waals surface area contributed by atoms with E-state index in [1.165, 1.54) is 5.56 Å². The zero-order valence-corrected chi connectivity index (χ0v) is 20.9. The first-order chi connectivity index (χ1) is 13.3. The van der Waals surface area contributed by atoms with Gasteiger partial charge in [0.05, 0.1) is 18.3 Å². The molecule has 0 aliphatic rings. The Morgan fingerprint density at radius 2 is 1.79 bits per heavy atom. The van der Waals surface area contributed by atoms with Gasteiger partial charge in [0.2, 0.25) is 0 Å². The molecule has 2 rings (SSSR count). The third kappa shape index (κ3) is 7.53. The van der Waals surface area contributed by atoms with Gasteiger partial charge in [0, 0.05) is 25.1 Å².